The number of ether oxygens (including phenoxy) is 1. The number of nitriles is 1. The van der Waals surface area contributed by atoms with E-state index in [1.165, 1.54) is 0 Å². The van der Waals surface area contributed by atoms with Gasteiger partial charge in [0.2, 0.25) is 0 Å². The van der Waals surface area contributed by atoms with E-state index in [2.05, 4.69) is 11.4 Å². The average molecular weight is 198 g/mol. The van der Waals surface area contributed by atoms with Crippen LogP contribution in [0.25, 0.3) is 0 Å². The normalized spacial score (nSPS) is 15.1. The maximum absolute atomic E-state index is 8.97. The van der Waals surface area contributed by atoms with Crippen LogP contribution in [-0.2, 0) is 4.74 Å². The number of rotatable bonds is 7. The first-order valence-electron chi connectivity index (χ1n) is 5.32. The molecular weight excluding hydrogens is 176 g/mol. The van der Waals surface area contributed by atoms with Gasteiger partial charge in [0, 0.05) is 6.61 Å². The van der Waals surface area contributed by atoms with Gasteiger partial charge < -0.3 is 4.74 Å². The van der Waals surface area contributed by atoms with Crippen LogP contribution in [0.1, 0.15) is 40.5 Å². The minimum absolute atomic E-state index is 0.280. The Balaban J connectivity index is 3.69. The summed E-state index contributed by atoms with van der Waals surface area (Å²) in [6, 6.07) is 2.30. The van der Waals surface area contributed by atoms with Crippen LogP contribution in [-0.4, -0.2) is 24.8 Å². The van der Waals surface area contributed by atoms with Gasteiger partial charge >= 0.3 is 0 Å². The van der Waals surface area contributed by atoms with Crippen molar-refractivity contribution in [2.45, 2.75) is 52.2 Å². The van der Waals surface area contributed by atoms with Crippen LogP contribution in [0.4, 0.5) is 0 Å². The smallest absolute Gasteiger partial charge is 0.104 e. The third-order valence-corrected chi connectivity index (χ3v) is 2.09. The minimum Gasteiger partial charge on any atom is -0.379 e. The van der Waals surface area contributed by atoms with E-state index < -0.39 is 5.54 Å². The second kappa shape index (κ2) is 6.80. The summed E-state index contributed by atoms with van der Waals surface area (Å²) in [6.07, 6.45) is 2.04. The van der Waals surface area contributed by atoms with Gasteiger partial charge in [-0.15, -0.1) is 0 Å². The van der Waals surface area contributed by atoms with E-state index >= 15 is 0 Å². The van der Waals surface area contributed by atoms with Crippen LogP contribution in [0.2, 0.25) is 0 Å². The van der Waals surface area contributed by atoms with Crippen LogP contribution in [0.5, 0.6) is 0 Å². The van der Waals surface area contributed by atoms with Crippen molar-refractivity contribution < 1.29 is 4.74 Å². The molecule has 0 aromatic heterocycles. The Labute approximate surface area is 87.4 Å². The molecule has 14 heavy (non-hydrogen) atoms. The third kappa shape index (κ3) is 5.95. The Bertz CT molecular complexity index is 186. The summed E-state index contributed by atoms with van der Waals surface area (Å²) in [5.74, 6) is 0. The lowest BCUT2D eigenvalue weighted by Crippen LogP contribution is -2.40. The summed E-state index contributed by atoms with van der Waals surface area (Å²) in [7, 11) is 0. The number of hydrogen-bond donors (Lipinski definition) is 1. The molecule has 0 aliphatic heterocycles. The lowest BCUT2D eigenvalue weighted by atomic mass is 9.98. The molecule has 1 N–H and O–H groups in total. The Morgan fingerprint density at radius 2 is 2.14 bits per heavy atom. The Morgan fingerprint density at radius 1 is 1.50 bits per heavy atom. The topological polar surface area (TPSA) is 45.0 Å². The average Bonchev–Trinajstić information content (AvgIpc) is 2.13. The summed E-state index contributed by atoms with van der Waals surface area (Å²) in [5.41, 5.74) is -0.394. The molecule has 0 aromatic rings. The molecule has 0 spiro atoms. The van der Waals surface area contributed by atoms with Crippen molar-refractivity contribution >= 4 is 0 Å². The standard InChI is InChI=1S/C11H22N2O/c1-5-13-11(4,9-12)7-6-8-14-10(2)3/h10,13H,5-8H2,1-4H3. The largest absolute Gasteiger partial charge is 0.379 e. The summed E-state index contributed by atoms with van der Waals surface area (Å²) in [4.78, 5) is 0. The van der Waals surface area contributed by atoms with E-state index in [-0.39, 0.29) is 6.10 Å². The fourth-order valence-electron chi connectivity index (χ4n) is 1.32. The molecule has 0 aromatic carbocycles. The summed E-state index contributed by atoms with van der Waals surface area (Å²) in [5, 5.41) is 12.2. The van der Waals surface area contributed by atoms with Crippen molar-refractivity contribution in [2.75, 3.05) is 13.2 Å². The Morgan fingerprint density at radius 3 is 2.57 bits per heavy atom. The van der Waals surface area contributed by atoms with Gasteiger partial charge in [0.05, 0.1) is 12.2 Å². The van der Waals surface area contributed by atoms with Crippen molar-refractivity contribution in [1.29, 1.82) is 5.26 Å². The lowest BCUT2D eigenvalue weighted by Gasteiger charge is -2.22. The fraction of sp³-hybridized carbons (Fsp3) is 0.909. The molecule has 3 heteroatoms. The van der Waals surface area contributed by atoms with Gasteiger partial charge in [0.15, 0.2) is 0 Å². The van der Waals surface area contributed by atoms with Gasteiger partial charge in [0.25, 0.3) is 0 Å². The minimum atomic E-state index is -0.394. The highest BCUT2D eigenvalue weighted by Crippen LogP contribution is 2.11. The zero-order valence-electron chi connectivity index (χ0n) is 9.76. The van der Waals surface area contributed by atoms with Crippen LogP contribution >= 0.6 is 0 Å². The monoisotopic (exact) mass is 198 g/mol. The predicted octanol–water partition coefficient (Wildman–Crippen LogP) is 2.08. The molecule has 0 heterocycles. The molecule has 1 unspecified atom stereocenters. The second-order valence-corrected chi connectivity index (χ2v) is 4.00. The first kappa shape index (κ1) is 13.4. The van der Waals surface area contributed by atoms with E-state index in [9.17, 15) is 0 Å². The van der Waals surface area contributed by atoms with Crippen molar-refractivity contribution in [3.8, 4) is 6.07 Å². The third-order valence-electron chi connectivity index (χ3n) is 2.09. The van der Waals surface area contributed by atoms with Gasteiger partial charge in [-0.05, 0) is 40.2 Å². The highest BCUT2D eigenvalue weighted by Gasteiger charge is 2.21. The SMILES string of the molecule is CCNC(C)(C#N)CCCOC(C)C. The van der Waals surface area contributed by atoms with Crippen molar-refractivity contribution in [1.82, 2.24) is 5.32 Å². The molecule has 82 valence electrons. The van der Waals surface area contributed by atoms with Gasteiger partial charge in [-0.1, -0.05) is 6.92 Å². The zero-order chi connectivity index (χ0) is 11.0. The molecule has 0 aliphatic rings. The molecule has 0 saturated heterocycles. The van der Waals surface area contributed by atoms with Crippen LogP contribution in [0.3, 0.4) is 0 Å². The Kier molecular flexibility index (Phi) is 6.52. The van der Waals surface area contributed by atoms with Gasteiger partial charge in [-0.2, -0.15) is 5.26 Å². The molecular formula is C11H22N2O. The van der Waals surface area contributed by atoms with Crippen LogP contribution in [0.15, 0.2) is 0 Å². The van der Waals surface area contributed by atoms with Crippen molar-refractivity contribution in [2.24, 2.45) is 0 Å². The number of hydrogen-bond acceptors (Lipinski definition) is 3. The van der Waals surface area contributed by atoms with E-state index in [0.717, 1.165) is 26.0 Å². The summed E-state index contributed by atoms with van der Waals surface area (Å²) < 4.78 is 5.42. The van der Waals surface area contributed by atoms with Gasteiger partial charge in [-0.25, -0.2) is 0 Å². The van der Waals surface area contributed by atoms with E-state index in [4.69, 9.17) is 10.00 Å². The molecule has 0 bridgehead atoms. The number of nitrogens with one attached hydrogen (secondary N) is 1. The predicted molar refractivity (Wildman–Crippen MR) is 58.0 cm³/mol. The highest BCUT2D eigenvalue weighted by atomic mass is 16.5. The summed E-state index contributed by atoms with van der Waals surface area (Å²) in [6.45, 7) is 9.56. The van der Waals surface area contributed by atoms with E-state index in [0.29, 0.717) is 0 Å². The Hall–Kier alpha value is -0.590. The highest BCUT2D eigenvalue weighted by molar-refractivity contribution is 5.03. The fourth-order valence-corrected chi connectivity index (χ4v) is 1.32. The maximum Gasteiger partial charge on any atom is 0.104 e. The second-order valence-electron chi connectivity index (χ2n) is 4.00. The molecule has 0 saturated carbocycles. The molecule has 0 amide bonds. The van der Waals surface area contributed by atoms with Gasteiger partial charge in [-0.3, -0.25) is 5.32 Å². The molecule has 1 atom stereocenters. The quantitative estimate of drug-likeness (QED) is 0.637. The maximum atomic E-state index is 8.97. The molecule has 0 fully saturated rings. The van der Waals surface area contributed by atoms with E-state index in [1.807, 2.05) is 27.7 Å². The zero-order valence-corrected chi connectivity index (χ0v) is 9.76. The molecule has 3 nitrogen and oxygen atoms in total. The van der Waals surface area contributed by atoms with Crippen molar-refractivity contribution in [3.63, 3.8) is 0 Å². The summed E-state index contributed by atoms with van der Waals surface area (Å²) >= 11 is 0. The molecule has 0 rings (SSSR count). The molecule has 0 radical (unpaired) electrons. The van der Waals surface area contributed by atoms with Crippen LogP contribution < -0.4 is 5.32 Å². The number of nitrogens with zero attached hydrogens (tertiary/aromatic N) is 1. The lowest BCUT2D eigenvalue weighted by molar-refractivity contribution is 0.0733. The van der Waals surface area contributed by atoms with Gasteiger partial charge in [0.1, 0.15) is 5.54 Å². The van der Waals surface area contributed by atoms with Crippen molar-refractivity contribution in [3.05, 3.63) is 0 Å². The first-order valence-corrected chi connectivity index (χ1v) is 5.32. The van der Waals surface area contributed by atoms with Crippen LogP contribution in [0, 0.1) is 11.3 Å². The first-order chi connectivity index (χ1) is 6.54. The van der Waals surface area contributed by atoms with E-state index in [1.54, 1.807) is 0 Å². The molecule has 0 aliphatic carbocycles.